The van der Waals surface area contributed by atoms with E-state index >= 15 is 0 Å². The van der Waals surface area contributed by atoms with E-state index in [0.29, 0.717) is 0 Å². The Morgan fingerprint density at radius 3 is 2.50 bits per heavy atom. The molecule has 0 bridgehead atoms. The maximum atomic E-state index is 5.91. The van der Waals surface area contributed by atoms with E-state index in [-0.39, 0.29) is 12.0 Å². The first-order valence-electron chi connectivity index (χ1n) is 5.41. The third kappa shape index (κ3) is 1.97. The van der Waals surface area contributed by atoms with Crippen LogP contribution in [0.15, 0.2) is 36.5 Å². The van der Waals surface area contributed by atoms with Gasteiger partial charge in [0.2, 0.25) is 0 Å². The molecule has 0 saturated heterocycles. The fourth-order valence-electron chi connectivity index (χ4n) is 1.59. The molecule has 16 heavy (non-hydrogen) atoms. The van der Waals surface area contributed by atoms with Crippen molar-refractivity contribution in [2.24, 2.45) is 5.73 Å². The molecule has 4 heteroatoms. The van der Waals surface area contributed by atoms with Crippen LogP contribution in [0.1, 0.15) is 25.5 Å². The maximum absolute atomic E-state index is 5.91. The zero-order valence-electron chi connectivity index (χ0n) is 9.54. The zero-order valence-corrected chi connectivity index (χ0v) is 9.54. The molecule has 0 fully saturated rings. The van der Waals surface area contributed by atoms with E-state index in [1.54, 1.807) is 6.20 Å². The molecule has 1 aromatic carbocycles. The average molecular weight is 216 g/mol. The van der Waals surface area contributed by atoms with Gasteiger partial charge in [-0.25, -0.2) is 4.68 Å². The molecule has 0 amide bonds. The molecule has 1 heterocycles. The fraction of sp³-hybridized carbons (Fsp3) is 0.333. The quantitative estimate of drug-likeness (QED) is 0.849. The largest absolute Gasteiger partial charge is 0.327 e. The van der Waals surface area contributed by atoms with Crippen molar-refractivity contribution in [1.82, 2.24) is 15.0 Å². The summed E-state index contributed by atoms with van der Waals surface area (Å²) >= 11 is 0. The van der Waals surface area contributed by atoms with Crippen molar-refractivity contribution in [3.05, 3.63) is 42.2 Å². The van der Waals surface area contributed by atoms with Crippen molar-refractivity contribution in [1.29, 1.82) is 0 Å². The van der Waals surface area contributed by atoms with Gasteiger partial charge in [-0.15, -0.1) is 5.10 Å². The molecule has 0 radical (unpaired) electrons. The standard InChI is InChI=1S/C12H16N4/c1-9(10(2)13)12-8-14-15-16(12)11-6-4-3-5-7-11/h3-10H,13H2,1-2H3. The predicted octanol–water partition coefficient (Wildman–Crippen LogP) is 1.72. The van der Waals surface area contributed by atoms with E-state index in [9.17, 15) is 0 Å². The van der Waals surface area contributed by atoms with Gasteiger partial charge in [0.15, 0.2) is 0 Å². The van der Waals surface area contributed by atoms with Crippen molar-refractivity contribution < 1.29 is 0 Å². The summed E-state index contributed by atoms with van der Waals surface area (Å²) in [5.74, 6) is 0.232. The molecule has 4 nitrogen and oxygen atoms in total. The number of nitrogens with two attached hydrogens (primary N) is 1. The van der Waals surface area contributed by atoms with Crippen LogP contribution in [-0.4, -0.2) is 21.0 Å². The van der Waals surface area contributed by atoms with Gasteiger partial charge < -0.3 is 5.73 Å². The first kappa shape index (κ1) is 10.8. The molecule has 0 aliphatic rings. The number of benzene rings is 1. The summed E-state index contributed by atoms with van der Waals surface area (Å²) < 4.78 is 1.84. The molecule has 2 N–H and O–H groups in total. The average Bonchev–Trinajstić information content (AvgIpc) is 2.77. The molecular formula is C12H16N4. The number of aromatic nitrogens is 3. The van der Waals surface area contributed by atoms with Crippen molar-refractivity contribution >= 4 is 0 Å². The van der Waals surface area contributed by atoms with Gasteiger partial charge >= 0.3 is 0 Å². The molecule has 2 rings (SSSR count). The van der Waals surface area contributed by atoms with E-state index in [2.05, 4.69) is 17.2 Å². The lowest BCUT2D eigenvalue weighted by Gasteiger charge is -2.16. The second kappa shape index (κ2) is 4.45. The van der Waals surface area contributed by atoms with Crippen LogP contribution in [0.4, 0.5) is 0 Å². The van der Waals surface area contributed by atoms with Crippen molar-refractivity contribution in [2.75, 3.05) is 0 Å². The lowest BCUT2D eigenvalue weighted by molar-refractivity contribution is 0.577. The highest BCUT2D eigenvalue weighted by molar-refractivity contribution is 5.32. The lowest BCUT2D eigenvalue weighted by Crippen LogP contribution is -2.24. The van der Waals surface area contributed by atoms with Gasteiger partial charge in [0.25, 0.3) is 0 Å². The summed E-state index contributed by atoms with van der Waals surface area (Å²) in [6.45, 7) is 4.08. The molecule has 2 unspecified atom stereocenters. The summed E-state index contributed by atoms with van der Waals surface area (Å²) in [4.78, 5) is 0. The SMILES string of the molecule is CC(N)C(C)c1cnnn1-c1ccccc1. The Morgan fingerprint density at radius 1 is 1.19 bits per heavy atom. The molecule has 0 spiro atoms. The highest BCUT2D eigenvalue weighted by Gasteiger charge is 2.16. The molecule has 2 aromatic rings. The van der Waals surface area contributed by atoms with E-state index in [4.69, 9.17) is 5.73 Å². The van der Waals surface area contributed by atoms with Crippen LogP contribution < -0.4 is 5.73 Å². The van der Waals surface area contributed by atoms with Gasteiger partial charge in [0, 0.05) is 12.0 Å². The zero-order chi connectivity index (χ0) is 11.5. The number of nitrogens with zero attached hydrogens (tertiary/aromatic N) is 3. The lowest BCUT2D eigenvalue weighted by atomic mass is 10.0. The molecule has 0 aliphatic heterocycles. The number of rotatable bonds is 3. The van der Waals surface area contributed by atoms with Crippen molar-refractivity contribution in [3.63, 3.8) is 0 Å². The van der Waals surface area contributed by atoms with Crippen LogP contribution >= 0.6 is 0 Å². The molecular weight excluding hydrogens is 200 g/mol. The smallest absolute Gasteiger partial charge is 0.0733 e. The third-order valence-corrected chi connectivity index (χ3v) is 2.83. The number of para-hydroxylation sites is 1. The van der Waals surface area contributed by atoms with E-state index in [1.807, 2.05) is 41.9 Å². The third-order valence-electron chi connectivity index (χ3n) is 2.83. The monoisotopic (exact) mass is 216 g/mol. The summed E-state index contributed by atoms with van der Waals surface area (Å²) in [6, 6.07) is 10.0. The van der Waals surface area contributed by atoms with Gasteiger partial charge in [0.1, 0.15) is 0 Å². The van der Waals surface area contributed by atoms with Crippen LogP contribution in [0, 0.1) is 0 Å². The fourth-order valence-corrected chi connectivity index (χ4v) is 1.59. The molecule has 2 atom stereocenters. The van der Waals surface area contributed by atoms with Crippen LogP contribution in [0.3, 0.4) is 0 Å². The summed E-state index contributed by atoms with van der Waals surface area (Å²) in [5.41, 5.74) is 7.96. The van der Waals surface area contributed by atoms with Gasteiger partial charge in [0.05, 0.1) is 17.6 Å². The Bertz CT molecular complexity index is 447. The van der Waals surface area contributed by atoms with Crippen LogP contribution in [0.5, 0.6) is 0 Å². The predicted molar refractivity (Wildman–Crippen MR) is 63.4 cm³/mol. The Hall–Kier alpha value is -1.68. The topological polar surface area (TPSA) is 56.7 Å². The second-order valence-electron chi connectivity index (χ2n) is 4.05. The minimum atomic E-state index is 0.0842. The van der Waals surface area contributed by atoms with E-state index in [1.165, 1.54) is 0 Å². The Labute approximate surface area is 95.1 Å². The van der Waals surface area contributed by atoms with Gasteiger partial charge in [-0.3, -0.25) is 0 Å². The van der Waals surface area contributed by atoms with Gasteiger partial charge in [-0.2, -0.15) is 0 Å². The van der Waals surface area contributed by atoms with Gasteiger partial charge in [-0.1, -0.05) is 30.3 Å². The Kier molecular flexibility index (Phi) is 3.01. The summed E-state index contributed by atoms with van der Waals surface area (Å²) in [5, 5.41) is 8.06. The highest BCUT2D eigenvalue weighted by Crippen LogP contribution is 2.19. The summed E-state index contributed by atoms with van der Waals surface area (Å²) in [7, 11) is 0. The summed E-state index contributed by atoms with van der Waals surface area (Å²) in [6.07, 6.45) is 1.78. The minimum absolute atomic E-state index is 0.0842. The molecule has 1 aromatic heterocycles. The minimum Gasteiger partial charge on any atom is -0.327 e. The Balaban J connectivity index is 2.40. The number of hydrogen-bond donors (Lipinski definition) is 1. The maximum Gasteiger partial charge on any atom is 0.0733 e. The molecule has 0 aliphatic carbocycles. The second-order valence-corrected chi connectivity index (χ2v) is 4.05. The number of hydrogen-bond acceptors (Lipinski definition) is 3. The highest BCUT2D eigenvalue weighted by atomic mass is 15.4. The van der Waals surface area contributed by atoms with Gasteiger partial charge in [-0.05, 0) is 19.1 Å². The normalized spacial score (nSPS) is 14.7. The van der Waals surface area contributed by atoms with E-state index < -0.39 is 0 Å². The van der Waals surface area contributed by atoms with Crippen LogP contribution in [0.25, 0.3) is 5.69 Å². The Morgan fingerprint density at radius 2 is 1.88 bits per heavy atom. The first-order chi connectivity index (χ1) is 7.70. The van der Waals surface area contributed by atoms with E-state index in [0.717, 1.165) is 11.4 Å². The van der Waals surface area contributed by atoms with Crippen LogP contribution in [0.2, 0.25) is 0 Å². The van der Waals surface area contributed by atoms with Crippen molar-refractivity contribution in [2.45, 2.75) is 25.8 Å². The van der Waals surface area contributed by atoms with Crippen LogP contribution in [-0.2, 0) is 0 Å². The van der Waals surface area contributed by atoms with Crippen molar-refractivity contribution in [3.8, 4) is 5.69 Å². The molecule has 0 saturated carbocycles. The first-order valence-corrected chi connectivity index (χ1v) is 5.41. The molecule has 84 valence electrons.